The van der Waals surface area contributed by atoms with Crippen LogP contribution in [0.15, 0.2) is 23.3 Å². The van der Waals surface area contributed by atoms with Gasteiger partial charge in [0.2, 0.25) is 0 Å². The minimum Gasteiger partial charge on any atom is -0.461 e. The first kappa shape index (κ1) is 26.4. The Morgan fingerprint density at radius 2 is 1.94 bits per heavy atom. The number of fused-ring (bicyclic) bond motifs is 1. The maximum atomic E-state index is 13.0. The maximum Gasteiger partial charge on any atom is 0.311 e. The van der Waals surface area contributed by atoms with Crippen molar-refractivity contribution in [3.8, 4) is 0 Å². The summed E-state index contributed by atoms with van der Waals surface area (Å²) in [6, 6.07) is 0. The summed E-state index contributed by atoms with van der Waals surface area (Å²) < 4.78 is 16.8. The Balaban J connectivity index is 1.93. The van der Waals surface area contributed by atoms with Crippen molar-refractivity contribution >= 4 is 17.9 Å². The molecule has 2 aliphatic heterocycles. The number of hydrogen-bond acceptors (Lipinski definition) is 8. The molecule has 0 spiro atoms. The molecule has 34 heavy (non-hydrogen) atoms. The lowest BCUT2D eigenvalue weighted by atomic mass is 9.79. The van der Waals surface area contributed by atoms with Crippen LogP contribution in [0.5, 0.6) is 0 Å². The van der Waals surface area contributed by atoms with E-state index in [0.29, 0.717) is 25.0 Å². The highest BCUT2D eigenvalue weighted by Crippen LogP contribution is 2.38. The van der Waals surface area contributed by atoms with E-state index in [0.717, 1.165) is 31.5 Å². The van der Waals surface area contributed by atoms with Crippen LogP contribution in [-0.2, 0) is 28.6 Å². The lowest BCUT2D eigenvalue weighted by Crippen LogP contribution is -2.47. The molecule has 0 amide bonds. The van der Waals surface area contributed by atoms with Crippen LogP contribution in [0.1, 0.15) is 59.8 Å². The second-order valence-corrected chi connectivity index (χ2v) is 10.1. The molecule has 2 heterocycles. The van der Waals surface area contributed by atoms with Crippen molar-refractivity contribution < 1.29 is 33.7 Å². The molecule has 0 saturated carbocycles. The van der Waals surface area contributed by atoms with E-state index in [1.807, 2.05) is 19.1 Å². The van der Waals surface area contributed by atoms with E-state index in [1.54, 1.807) is 13.8 Å². The fourth-order valence-electron chi connectivity index (χ4n) is 5.05. The summed E-state index contributed by atoms with van der Waals surface area (Å²) >= 11 is 0. The second-order valence-electron chi connectivity index (χ2n) is 10.1. The number of likely N-dealkylation sites (tertiary alicyclic amines) is 1. The Bertz CT molecular complexity index is 812. The van der Waals surface area contributed by atoms with Gasteiger partial charge in [-0.2, -0.15) is 0 Å². The minimum atomic E-state index is -1.19. The molecule has 3 aliphatic rings. The van der Waals surface area contributed by atoms with Crippen LogP contribution in [0.4, 0.5) is 0 Å². The molecule has 8 heteroatoms. The molecule has 0 unspecified atom stereocenters. The number of rotatable bonds is 6. The number of aliphatic hydroxyl groups excluding tert-OH is 1. The molecule has 0 bridgehead atoms. The Hall–Kier alpha value is -2.19. The zero-order valence-corrected chi connectivity index (χ0v) is 20.8. The molecule has 0 radical (unpaired) electrons. The first-order chi connectivity index (χ1) is 16.2. The molecule has 2 saturated heterocycles. The van der Waals surface area contributed by atoms with Gasteiger partial charge in [-0.3, -0.25) is 14.4 Å². The summed E-state index contributed by atoms with van der Waals surface area (Å²) in [6.45, 7) is 8.99. The van der Waals surface area contributed by atoms with Gasteiger partial charge in [0.25, 0.3) is 0 Å². The van der Waals surface area contributed by atoms with E-state index in [1.165, 1.54) is 13.3 Å². The van der Waals surface area contributed by atoms with E-state index in [2.05, 4.69) is 4.90 Å². The maximum absolute atomic E-state index is 13.0. The zero-order valence-electron chi connectivity index (χ0n) is 20.8. The highest BCUT2D eigenvalue weighted by atomic mass is 16.6. The van der Waals surface area contributed by atoms with Crippen LogP contribution in [-0.4, -0.2) is 72.5 Å². The molecule has 1 N–H and O–H groups in total. The number of piperidine rings is 1. The molecule has 3 rings (SSSR count). The molecular formula is C26H39NO7. The van der Waals surface area contributed by atoms with E-state index < -0.39 is 36.1 Å². The lowest BCUT2D eigenvalue weighted by Gasteiger charge is -2.35. The van der Waals surface area contributed by atoms with Crippen molar-refractivity contribution in [1.29, 1.82) is 0 Å². The summed E-state index contributed by atoms with van der Waals surface area (Å²) in [5.74, 6) is -2.69. The van der Waals surface area contributed by atoms with Crippen LogP contribution in [0.3, 0.4) is 0 Å². The van der Waals surface area contributed by atoms with Crippen molar-refractivity contribution in [3.05, 3.63) is 23.3 Å². The molecule has 190 valence electrons. The zero-order chi connectivity index (χ0) is 24.8. The predicted octanol–water partition coefficient (Wildman–Crippen LogP) is 2.79. The smallest absolute Gasteiger partial charge is 0.311 e. The highest BCUT2D eigenvalue weighted by Gasteiger charge is 2.51. The van der Waals surface area contributed by atoms with Crippen LogP contribution >= 0.6 is 0 Å². The molecule has 0 aromatic rings. The monoisotopic (exact) mass is 477 g/mol. The first-order valence-corrected chi connectivity index (χ1v) is 12.5. The van der Waals surface area contributed by atoms with Gasteiger partial charge in [0.1, 0.15) is 18.8 Å². The number of aliphatic hydroxyl groups is 1. The van der Waals surface area contributed by atoms with Crippen molar-refractivity contribution in [2.45, 2.75) is 78.1 Å². The second kappa shape index (κ2) is 12.0. The fraction of sp³-hybridized carbons (Fsp3) is 0.731. The Morgan fingerprint density at radius 3 is 2.59 bits per heavy atom. The molecule has 0 aromatic heterocycles. The quantitative estimate of drug-likeness (QED) is 0.354. The summed E-state index contributed by atoms with van der Waals surface area (Å²) in [5.41, 5.74) is 1.58. The SMILES string of the molecule is CC(=O)O[C@@H]1/C(COC(=O)C(C)C)=C/CC/C(C)=C/[C@H]2OC(=O)[C@@H](CN3CCCCC3)[C@@H]2[C@@H]1O. The topological polar surface area (TPSA) is 102 Å². The van der Waals surface area contributed by atoms with Gasteiger partial charge in [-0.25, -0.2) is 0 Å². The van der Waals surface area contributed by atoms with Gasteiger partial charge in [0.05, 0.1) is 11.8 Å². The standard InChI is InChI=1S/C26H39NO7/c1-16(2)25(30)32-15-19-10-8-9-17(3)13-21-22(23(29)24(19)33-18(4)28)20(26(31)34-21)14-27-11-6-5-7-12-27/h10,13,16,20-24,29H,5-9,11-12,14-15H2,1-4H3/b17-13+,19-10+/t20-,21+,22-,23-,24+/m0/s1. The molecule has 1 aliphatic carbocycles. The number of carbonyl (C=O) groups is 3. The van der Waals surface area contributed by atoms with E-state index in [9.17, 15) is 19.5 Å². The average molecular weight is 478 g/mol. The lowest BCUT2D eigenvalue weighted by molar-refractivity contribution is -0.154. The van der Waals surface area contributed by atoms with Gasteiger partial charge in [0, 0.05) is 25.0 Å². The van der Waals surface area contributed by atoms with Gasteiger partial charge in [-0.15, -0.1) is 0 Å². The average Bonchev–Trinajstić information content (AvgIpc) is 3.08. The minimum absolute atomic E-state index is 0.0856. The predicted molar refractivity (Wildman–Crippen MR) is 126 cm³/mol. The van der Waals surface area contributed by atoms with Gasteiger partial charge in [-0.05, 0) is 51.8 Å². The third-order valence-electron chi connectivity index (χ3n) is 6.91. The fourth-order valence-corrected chi connectivity index (χ4v) is 5.05. The number of esters is 3. The van der Waals surface area contributed by atoms with E-state index >= 15 is 0 Å². The van der Waals surface area contributed by atoms with Gasteiger partial charge in [-0.1, -0.05) is 31.9 Å². The van der Waals surface area contributed by atoms with Crippen molar-refractivity contribution in [1.82, 2.24) is 4.90 Å². The largest absolute Gasteiger partial charge is 0.461 e. The van der Waals surface area contributed by atoms with Crippen LogP contribution in [0.25, 0.3) is 0 Å². The third kappa shape index (κ3) is 6.69. The summed E-state index contributed by atoms with van der Waals surface area (Å²) in [4.78, 5) is 39.4. The number of carbonyl (C=O) groups excluding carboxylic acids is 3. The van der Waals surface area contributed by atoms with Crippen molar-refractivity contribution in [2.24, 2.45) is 17.8 Å². The number of ether oxygens (including phenoxy) is 3. The summed E-state index contributed by atoms with van der Waals surface area (Å²) in [7, 11) is 0. The highest BCUT2D eigenvalue weighted by molar-refractivity contribution is 5.76. The van der Waals surface area contributed by atoms with Gasteiger partial charge >= 0.3 is 17.9 Å². The van der Waals surface area contributed by atoms with Crippen molar-refractivity contribution in [2.75, 3.05) is 26.2 Å². The number of nitrogens with zero attached hydrogens (tertiary/aromatic N) is 1. The summed E-state index contributed by atoms with van der Waals surface area (Å²) in [5, 5.41) is 11.6. The van der Waals surface area contributed by atoms with Crippen molar-refractivity contribution in [3.63, 3.8) is 0 Å². The molecule has 5 atom stereocenters. The Kier molecular flexibility index (Phi) is 9.31. The van der Waals surface area contributed by atoms with Crippen LogP contribution < -0.4 is 0 Å². The first-order valence-electron chi connectivity index (χ1n) is 12.5. The van der Waals surface area contributed by atoms with Gasteiger partial charge < -0.3 is 24.2 Å². The number of hydrogen-bond donors (Lipinski definition) is 1. The molecule has 0 aromatic carbocycles. The summed E-state index contributed by atoms with van der Waals surface area (Å²) in [6.07, 6.45) is 5.64. The van der Waals surface area contributed by atoms with Gasteiger partial charge in [0.15, 0.2) is 6.10 Å². The van der Waals surface area contributed by atoms with E-state index in [-0.39, 0.29) is 24.5 Å². The Labute approximate surface area is 202 Å². The molecule has 2 fully saturated rings. The van der Waals surface area contributed by atoms with E-state index in [4.69, 9.17) is 14.2 Å². The molecular weight excluding hydrogens is 438 g/mol. The normalized spacial score (nSPS) is 33.7. The third-order valence-corrected chi connectivity index (χ3v) is 6.91. The Morgan fingerprint density at radius 1 is 1.24 bits per heavy atom. The number of allylic oxidation sites excluding steroid dienone is 2. The molecule has 8 nitrogen and oxygen atoms in total. The van der Waals surface area contributed by atoms with Crippen LogP contribution in [0.2, 0.25) is 0 Å². The van der Waals surface area contributed by atoms with Crippen LogP contribution in [0, 0.1) is 17.8 Å².